The first-order chi connectivity index (χ1) is 9.80. The predicted molar refractivity (Wildman–Crippen MR) is 97.1 cm³/mol. The molecule has 1 rings (SSSR count). The lowest BCUT2D eigenvalue weighted by atomic mass is 9.89. The van der Waals surface area contributed by atoms with Crippen LogP contribution in [0.5, 0.6) is 0 Å². The van der Waals surface area contributed by atoms with E-state index < -0.39 is 13.7 Å². The molecule has 3 heteroatoms. The number of hydrogen-bond acceptors (Lipinski definition) is 1. The first-order valence-electron chi connectivity index (χ1n) is 8.40. The predicted octanol–water partition coefficient (Wildman–Crippen LogP) is 5.47. The van der Waals surface area contributed by atoms with Crippen molar-refractivity contribution in [3.05, 3.63) is 28.8 Å². The Balaban J connectivity index is 3.81. The standard InChI is InChI=1S/C19H33FOSi/c1-12(2)15-10-16(13(3)4)18(17(11-15)14(5)6)22(20,21)19(7,8)9/h10-14,21H,1-9H3. The lowest BCUT2D eigenvalue weighted by Crippen LogP contribution is -2.55. The summed E-state index contributed by atoms with van der Waals surface area (Å²) in [7, 11) is -4.05. The number of rotatable bonds is 4. The zero-order chi connectivity index (χ0) is 17.5. The Kier molecular flexibility index (Phi) is 5.67. The third-order valence-electron chi connectivity index (χ3n) is 4.46. The summed E-state index contributed by atoms with van der Waals surface area (Å²) in [6.45, 7) is 18.1. The molecule has 0 aliphatic heterocycles. The molecule has 0 spiro atoms. The van der Waals surface area contributed by atoms with Crippen LogP contribution in [0, 0.1) is 0 Å². The van der Waals surface area contributed by atoms with Gasteiger partial charge in [-0.05, 0) is 34.4 Å². The molecule has 1 aromatic carbocycles. The van der Waals surface area contributed by atoms with Crippen molar-refractivity contribution in [3.8, 4) is 0 Å². The molecule has 0 saturated heterocycles. The van der Waals surface area contributed by atoms with Crippen molar-refractivity contribution in [2.24, 2.45) is 0 Å². The fourth-order valence-corrected chi connectivity index (χ4v) is 4.95. The Morgan fingerprint density at radius 1 is 0.864 bits per heavy atom. The van der Waals surface area contributed by atoms with Crippen LogP contribution >= 0.6 is 0 Å². The second kappa shape index (κ2) is 6.44. The van der Waals surface area contributed by atoms with Gasteiger partial charge in [0.1, 0.15) is 0 Å². The summed E-state index contributed by atoms with van der Waals surface area (Å²) in [4.78, 5) is 10.9. The van der Waals surface area contributed by atoms with Gasteiger partial charge in [-0.2, -0.15) is 0 Å². The Bertz CT molecular complexity index is 496. The number of hydrogen-bond donors (Lipinski definition) is 1. The molecule has 0 amide bonds. The number of halogens is 1. The zero-order valence-corrected chi connectivity index (χ0v) is 16.7. The summed E-state index contributed by atoms with van der Waals surface area (Å²) in [5.74, 6) is 0.791. The van der Waals surface area contributed by atoms with Crippen molar-refractivity contribution in [1.29, 1.82) is 0 Å². The SMILES string of the molecule is CC(C)c1cc(C(C)C)c([Si](O)(F)C(C)(C)C)c(C(C)C)c1. The van der Waals surface area contributed by atoms with Gasteiger partial charge in [-0.25, -0.2) is 0 Å². The summed E-state index contributed by atoms with van der Waals surface area (Å²) in [6, 6.07) is 4.22. The van der Waals surface area contributed by atoms with Crippen LogP contribution in [0.3, 0.4) is 0 Å². The van der Waals surface area contributed by atoms with Gasteiger partial charge in [0, 0.05) is 10.2 Å². The summed E-state index contributed by atoms with van der Waals surface area (Å²) in [5.41, 5.74) is 3.21. The maximum Gasteiger partial charge on any atom is 0.419 e. The Labute approximate surface area is 137 Å². The minimum atomic E-state index is -4.05. The number of benzene rings is 1. The lowest BCUT2D eigenvalue weighted by molar-refractivity contribution is 0.409. The van der Waals surface area contributed by atoms with Crippen molar-refractivity contribution >= 4 is 13.8 Å². The van der Waals surface area contributed by atoms with E-state index in [1.54, 1.807) is 0 Å². The molecule has 0 radical (unpaired) electrons. The van der Waals surface area contributed by atoms with Crippen LogP contribution in [-0.2, 0) is 0 Å². The van der Waals surface area contributed by atoms with Crippen LogP contribution in [0.15, 0.2) is 12.1 Å². The van der Waals surface area contributed by atoms with E-state index in [-0.39, 0.29) is 11.8 Å². The van der Waals surface area contributed by atoms with E-state index in [0.717, 1.165) is 11.1 Å². The second-order valence-electron chi connectivity index (χ2n) is 8.41. The first kappa shape index (κ1) is 19.4. The highest BCUT2D eigenvalue weighted by Gasteiger charge is 2.50. The smallest absolute Gasteiger partial charge is 0.404 e. The molecule has 1 unspecified atom stereocenters. The molecule has 0 aliphatic carbocycles. The average molecular weight is 325 g/mol. The van der Waals surface area contributed by atoms with Crippen LogP contribution < -0.4 is 5.19 Å². The van der Waals surface area contributed by atoms with Gasteiger partial charge in [0.15, 0.2) is 0 Å². The summed E-state index contributed by atoms with van der Waals surface area (Å²) in [5, 5.41) is -0.117. The Morgan fingerprint density at radius 3 is 1.45 bits per heavy atom. The van der Waals surface area contributed by atoms with Gasteiger partial charge < -0.3 is 4.80 Å². The van der Waals surface area contributed by atoms with E-state index >= 15 is 4.11 Å². The molecule has 22 heavy (non-hydrogen) atoms. The fraction of sp³-hybridized carbons (Fsp3) is 0.684. The second-order valence-corrected chi connectivity index (χ2v) is 11.7. The maximum atomic E-state index is 15.6. The summed E-state index contributed by atoms with van der Waals surface area (Å²) < 4.78 is 15.6. The van der Waals surface area contributed by atoms with Crippen LogP contribution in [0.4, 0.5) is 4.11 Å². The molecular formula is C19H33FOSi. The Morgan fingerprint density at radius 2 is 1.23 bits per heavy atom. The third kappa shape index (κ3) is 3.62. The summed E-state index contributed by atoms with van der Waals surface area (Å²) >= 11 is 0. The van der Waals surface area contributed by atoms with Gasteiger partial charge in [0.2, 0.25) is 0 Å². The molecular weight excluding hydrogens is 291 g/mol. The van der Waals surface area contributed by atoms with E-state index in [1.165, 1.54) is 5.56 Å². The molecule has 1 atom stereocenters. The Hall–Kier alpha value is -0.673. The molecule has 0 heterocycles. The molecule has 0 aliphatic rings. The van der Waals surface area contributed by atoms with Gasteiger partial charge >= 0.3 is 8.65 Å². The lowest BCUT2D eigenvalue weighted by Gasteiger charge is -2.35. The van der Waals surface area contributed by atoms with Crippen molar-refractivity contribution in [2.75, 3.05) is 0 Å². The van der Waals surface area contributed by atoms with Gasteiger partial charge in [0.05, 0.1) is 0 Å². The van der Waals surface area contributed by atoms with Crippen LogP contribution in [0.2, 0.25) is 5.04 Å². The molecule has 0 fully saturated rings. The highest BCUT2D eigenvalue weighted by atomic mass is 28.4. The van der Waals surface area contributed by atoms with Crippen LogP contribution in [0.1, 0.15) is 96.8 Å². The van der Waals surface area contributed by atoms with Crippen LogP contribution in [-0.4, -0.2) is 13.4 Å². The maximum absolute atomic E-state index is 15.6. The largest absolute Gasteiger partial charge is 0.419 e. The first-order valence-corrected chi connectivity index (χ1v) is 10.2. The van der Waals surface area contributed by atoms with Crippen molar-refractivity contribution in [1.82, 2.24) is 0 Å². The molecule has 1 aromatic rings. The van der Waals surface area contributed by atoms with E-state index in [0.29, 0.717) is 11.1 Å². The summed E-state index contributed by atoms with van der Waals surface area (Å²) in [6.07, 6.45) is 0. The zero-order valence-electron chi connectivity index (χ0n) is 15.7. The van der Waals surface area contributed by atoms with Crippen molar-refractivity contribution < 1.29 is 8.90 Å². The topological polar surface area (TPSA) is 20.2 Å². The van der Waals surface area contributed by atoms with E-state index in [1.807, 2.05) is 20.8 Å². The highest BCUT2D eigenvalue weighted by Crippen LogP contribution is 2.39. The molecule has 126 valence electrons. The third-order valence-corrected chi connectivity index (χ3v) is 7.69. The minimum absolute atomic E-state index is 0.198. The minimum Gasteiger partial charge on any atom is -0.404 e. The molecule has 1 N–H and O–H groups in total. The monoisotopic (exact) mass is 324 g/mol. The molecule has 0 saturated carbocycles. The van der Waals surface area contributed by atoms with Crippen molar-refractivity contribution in [3.63, 3.8) is 0 Å². The molecule has 0 bridgehead atoms. The van der Waals surface area contributed by atoms with Crippen molar-refractivity contribution in [2.45, 2.75) is 85.1 Å². The average Bonchev–Trinajstić information content (AvgIpc) is 2.35. The van der Waals surface area contributed by atoms with Gasteiger partial charge in [0.25, 0.3) is 0 Å². The molecule has 0 aromatic heterocycles. The van der Waals surface area contributed by atoms with Crippen LogP contribution in [0.25, 0.3) is 0 Å². The fourth-order valence-electron chi connectivity index (χ4n) is 2.71. The normalized spacial score (nSPS) is 15.7. The van der Waals surface area contributed by atoms with Gasteiger partial charge in [-0.1, -0.05) is 74.4 Å². The van der Waals surface area contributed by atoms with E-state index in [9.17, 15) is 4.80 Å². The highest BCUT2D eigenvalue weighted by molar-refractivity contribution is 6.82. The van der Waals surface area contributed by atoms with E-state index in [4.69, 9.17) is 0 Å². The quantitative estimate of drug-likeness (QED) is 0.575. The van der Waals surface area contributed by atoms with Gasteiger partial charge in [-0.3, -0.25) is 4.11 Å². The molecule has 1 nitrogen and oxygen atoms in total. The van der Waals surface area contributed by atoms with Gasteiger partial charge in [-0.15, -0.1) is 0 Å². The van der Waals surface area contributed by atoms with E-state index in [2.05, 4.69) is 53.7 Å².